The first-order chi connectivity index (χ1) is 7.53. The van der Waals surface area contributed by atoms with Crippen molar-refractivity contribution in [2.75, 3.05) is 0 Å². The lowest BCUT2D eigenvalue weighted by atomic mass is 10.2. The van der Waals surface area contributed by atoms with E-state index in [2.05, 4.69) is 63.0 Å². The Kier molecular flexibility index (Phi) is 5.00. The normalized spacial score (nSPS) is 12.9. The molecule has 0 unspecified atom stereocenters. The van der Waals surface area contributed by atoms with E-state index >= 15 is 0 Å². The fourth-order valence-corrected chi connectivity index (χ4v) is 5.17. The summed E-state index contributed by atoms with van der Waals surface area (Å²) in [5.74, 6) is 0. The Morgan fingerprint density at radius 3 is 2.38 bits per heavy atom. The highest BCUT2D eigenvalue weighted by Gasteiger charge is 2.18. The molecule has 0 saturated carbocycles. The largest absolute Gasteiger partial charge is 0.0955 e. The van der Waals surface area contributed by atoms with Crippen LogP contribution in [0.2, 0.25) is 13.1 Å². The van der Waals surface area contributed by atoms with E-state index in [1.54, 1.807) is 5.57 Å². The minimum absolute atomic E-state index is 1.21. The van der Waals surface area contributed by atoms with Crippen molar-refractivity contribution in [2.45, 2.75) is 45.8 Å². The molecule has 0 amide bonds. The molecule has 1 aromatic carbocycles. The zero-order chi connectivity index (χ0) is 12.0. The highest BCUT2D eigenvalue weighted by molar-refractivity contribution is 6.81. The maximum absolute atomic E-state index is 2.57. The number of hydrogen-bond acceptors (Lipinski definition) is 0. The van der Waals surface area contributed by atoms with Gasteiger partial charge in [-0.15, -0.1) is 0 Å². The number of hydrogen-bond donors (Lipinski definition) is 0. The molecule has 16 heavy (non-hydrogen) atoms. The predicted molar refractivity (Wildman–Crippen MR) is 76.3 cm³/mol. The van der Waals surface area contributed by atoms with Crippen molar-refractivity contribution >= 4 is 8.07 Å². The topological polar surface area (TPSA) is 0 Å². The molecule has 0 bridgehead atoms. The van der Waals surface area contributed by atoms with Crippen LogP contribution in [-0.2, 0) is 6.04 Å². The van der Waals surface area contributed by atoms with Crippen LogP contribution in [-0.4, -0.2) is 8.07 Å². The van der Waals surface area contributed by atoms with Gasteiger partial charge in [0.25, 0.3) is 0 Å². The first kappa shape index (κ1) is 13.2. The maximum Gasteiger partial charge on any atom is 0.0759 e. The van der Waals surface area contributed by atoms with Crippen molar-refractivity contribution in [1.82, 2.24) is 0 Å². The molecule has 0 heterocycles. The van der Waals surface area contributed by atoms with E-state index in [-0.39, 0.29) is 0 Å². The number of benzene rings is 1. The number of allylic oxidation sites excluding steroid dienone is 1. The first-order valence-corrected chi connectivity index (χ1v) is 9.54. The summed E-state index contributed by atoms with van der Waals surface area (Å²) >= 11 is 0. The summed E-state index contributed by atoms with van der Waals surface area (Å²) in [7, 11) is -1.21. The molecule has 0 saturated heterocycles. The molecule has 0 aromatic heterocycles. The lowest BCUT2D eigenvalue weighted by Gasteiger charge is -2.19. The molecule has 0 atom stereocenters. The van der Waals surface area contributed by atoms with Gasteiger partial charge in [0.2, 0.25) is 0 Å². The van der Waals surface area contributed by atoms with E-state index < -0.39 is 8.07 Å². The second-order valence-corrected chi connectivity index (χ2v) is 10.0. The summed E-state index contributed by atoms with van der Waals surface area (Å²) in [6.07, 6.45) is 2.52. The van der Waals surface area contributed by atoms with Crippen LogP contribution in [0, 0.1) is 0 Å². The quantitative estimate of drug-likeness (QED) is 0.642. The summed E-state index contributed by atoms with van der Waals surface area (Å²) in [6, 6.07) is 12.1. The fourth-order valence-electron chi connectivity index (χ4n) is 2.31. The summed E-state index contributed by atoms with van der Waals surface area (Å²) < 4.78 is 0. The molecule has 1 rings (SSSR count). The second kappa shape index (κ2) is 6.05. The Labute approximate surface area is 101 Å². The molecule has 0 spiro atoms. The third-order valence-corrected chi connectivity index (χ3v) is 5.38. The molecule has 0 aliphatic rings. The predicted octanol–water partition coefficient (Wildman–Crippen LogP) is 4.76. The van der Waals surface area contributed by atoms with Crippen molar-refractivity contribution in [2.24, 2.45) is 0 Å². The van der Waals surface area contributed by atoms with E-state index in [0.717, 1.165) is 0 Å². The van der Waals surface area contributed by atoms with Gasteiger partial charge in [-0.3, -0.25) is 0 Å². The lowest BCUT2D eigenvalue weighted by molar-refractivity contribution is 0.906. The minimum Gasteiger partial charge on any atom is -0.0955 e. The average Bonchev–Trinajstić information content (AvgIpc) is 2.17. The van der Waals surface area contributed by atoms with Gasteiger partial charge in [0.15, 0.2) is 0 Å². The summed E-state index contributed by atoms with van der Waals surface area (Å²) in [5.41, 5.74) is 5.64. The fraction of sp³-hybridized carbons (Fsp3) is 0.467. The van der Waals surface area contributed by atoms with Gasteiger partial charge in [0.1, 0.15) is 0 Å². The van der Waals surface area contributed by atoms with Gasteiger partial charge in [-0.25, -0.2) is 0 Å². The molecule has 0 N–H and O–H groups in total. The third-order valence-electron chi connectivity index (χ3n) is 2.78. The van der Waals surface area contributed by atoms with Crippen LogP contribution in [0.5, 0.6) is 0 Å². The van der Waals surface area contributed by atoms with E-state index in [1.807, 2.05) is 0 Å². The van der Waals surface area contributed by atoms with Gasteiger partial charge in [-0.1, -0.05) is 73.6 Å². The Bertz CT molecular complexity index is 336. The molecular formula is C15H24Si. The van der Waals surface area contributed by atoms with Crippen LogP contribution in [0.15, 0.2) is 41.6 Å². The molecule has 0 nitrogen and oxygen atoms in total. The Hall–Kier alpha value is -0.823. The lowest BCUT2D eigenvalue weighted by Crippen LogP contribution is -2.27. The van der Waals surface area contributed by atoms with Gasteiger partial charge in [0.05, 0.1) is 8.07 Å². The highest BCUT2D eigenvalue weighted by Crippen LogP contribution is 2.16. The van der Waals surface area contributed by atoms with Crippen LogP contribution in [0.3, 0.4) is 0 Å². The zero-order valence-corrected chi connectivity index (χ0v) is 12.1. The van der Waals surface area contributed by atoms with Gasteiger partial charge in [-0.2, -0.15) is 0 Å². The SMILES string of the molecule is CCC/C(C)=C\[Si](C)(C)Cc1ccccc1. The zero-order valence-electron chi connectivity index (χ0n) is 11.1. The van der Waals surface area contributed by atoms with Crippen molar-refractivity contribution in [3.63, 3.8) is 0 Å². The van der Waals surface area contributed by atoms with Crippen molar-refractivity contribution in [1.29, 1.82) is 0 Å². The van der Waals surface area contributed by atoms with Gasteiger partial charge < -0.3 is 0 Å². The maximum atomic E-state index is 2.57. The van der Waals surface area contributed by atoms with E-state index in [0.29, 0.717) is 0 Å². The Morgan fingerprint density at radius 2 is 1.81 bits per heavy atom. The molecule has 0 fully saturated rings. The average molecular weight is 232 g/mol. The molecule has 0 aliphatic heterocycles. The van der Waals surface area contributed by atoms with Gasteiger partial charge in [0, 0.05) is 0 Å². The minimum atomic E-state index is -1.21. The second-order valence-electron chi connectivity index (χ2n) is 5.39. The van der Waals surface area contributed by atoms with Crippen LogP contribution in [0.1, 0.15) is 32.3 Å². The number of rotatable bonds is 5. The van der Waals surface area contributed by atoms with Crippen LogP contribution >= 0.6 is 0 Å². The van der Waals surface area contributed by atoms with Gasteiger partial charge >= 0.3 is 0 Å². The molecule has 1 heteroatoms. The standard InChI is InChI=1S/C15H24Si/c1-5-9-14(2)12-16(3,4)13-15-10-7-6-8-11-15/h6-8,10-12H,5,9,13H2,1-4H3/b14-12-. The Balaban J connectivity index is 2.68. The van der Waals surface area contributed by atoms with Crippen LogP contribution in [0.4, 0.5) is 0 Å². The summed E-state index contributed by atoms with van der Waals surface area (Å²) in [4.78, 5) is 0. The van der Waals surface area contributed by atoms with Crippen molar-refractivity contribution in [3.05, 3.63) is 47.2 Å². The van der Waals surface area contributed by atoms with Crippen molar-refractivity contribution < 1.29 is 0 Å². The summed E-state index contributed by atoms with van der Waals surface area (Å²) in [6.45, 7) is 9.45. The molecule has 88 valence electrons. The molecule has 0 radical (unpaired) electrons. The molecule has 0 aliphatic carbocycles. The molecular weight excluding hydrogens is 208 g/mol. The monoisotopic (exact) mass is 232 g/mol. The van der Waals surface area contributed by atoms with Crippen molar-refractivity contribution in [3.8, 4) is 0 Å². The summed E-state index contributed by atoms with van der Waals surface area (Å²) in [5, 5.41) is 0. The smallest absolute Gasteiger partial charge is 0.0759 e. The van der Waals surface area contributed by atoms with Crippen LogP contribution in [0.25, 0.3) is 0 Å². The van der Waals surface area contributed by atoms with E-state index in [1.165, 1.54) is 24.4 Å². The van der Waals surface area contributed by atoms with Crippen LogP contribution < -0.4 is 0 Å². The Morgan fingerprint density at radius 1 is 1.19 bits per heavy atom. The van der Waals surface area contributed by atoms with E-state index in [9.17, 15) is 0 Å². The highest BCUT2D eigenvalue weighted by atomic mass is 28.3. The van der Waals surface area contributed by atoms with E-state index in [4.69, 9.17) is 0 Å². The third kappa shape index (κ3) is 4.80. The molecule has 1 aromatic rings. The van der Waals surface area contributed by atoms with Gasteiger partial charge in [-0.05, 0) is 19.4 Å². The first-order valence-electron chi connectivity index (χ1n) is 6.26.